The number of hydrogen-bond acceptors (Lipinski definition) is 3. The highest BCUT2D eigenvalue weighted by atomic mass is 19.2. The molecule has 1 heterocycles. The van der Waals surface area contributed by atoms with Crippen molar-refractivity contribution in [3.63, 3.8) is 0 Å². The minimum atomic E-state index is -1.58. The van der Waals surface area contributed by atoms with Crippen molar-refractivity contribution in [3.05, 3.63) is 29.6 Å². The molecule has 1 amide bonds. The molecule has 1 atom stereocenters. The number of nitrogens with one attached hydrogen (secondary N) is 2. The fraction of sp³-hybridized carbons (Fsp3) is 0.462. The Hall–Kier alpha value is -1.60. The largest absolute Gasteiger partial charge is 0.322 e. The Labute approximate surface area is 114 Å². The van der Waals surface area contributed by atoms with Crippen LogP contribution in [0.3, 0.4) is 0 Å². The van der Waals surface area contributed by atoms with Crippen LogP contribution < -0.4 is 10.6 Å². The van der Waals surface area contributed by atoms with E-state index in [2.05, 4.69) is 10.6 Å². The zero-order chi connectivity index (χ0) is 14.7. The predicted molar refractivity (Wildman–Crippen MR) is 68.9 cm³/mol. The van der Waals surface area contributed by atoms with Gasteiger partial charge in [-0.25, -0.2) is 13.2 Å². The molecule has 20 heavy (non-hydrogen) atoms. The van der Waals surface area contributed by atoms with Crippen molar-refractivity contribution >= 4 is 11.6 Å². The maximum absolute atomic E-state index is 13.4. The first kappa shape index (κ1) is 14.8. The van der Waals surface area contributed by atoms with Gasteiger partial charge < -0.3 is 10.6 Å². The summed E-state index contributed by atoms with van der Waals surface area (Å²) < 4.78 is 39.2. The van der Waals surface area contributed by atoms with Crippen molar-refractivity contribution < 1.29 is 18.0 Å². The lowest BCUT2D eigenvalue weighted by Gasteiger charge is -2.33. The van der Waals surface area contributed by atoms with Crippen molar-refractivity contribution in [2.24, 2.45) is 0 Å². The number of piperazine rings is 1. The van der Waals surface area contributed by atoms with E-state index in [0.29, 0.717) is 6.54 Å². The van der Waals surface area contributed by atoms with Crippen LogP contribution in [0.15, 0.2) is 12.1 Å². The highest BCUT2D eigenvalue weighted by molar-refractivity contribution is 5.92. The zero-order valence-corrected chi connectivity index (χ0v) is 11.0. The fourth-order valence-corrected chi connectivity index (χ4v) is 2.11. The maximum Gasteiger partial charge on any atom is 0.238 e. The van der Waals surface area contributed by atoms with Crippen LogP contribution in [0.2, 0.25) is 0 Å². The van der Waals surface area contributed by atoms with Crippen LogP contribution in [0.25, 0.3) is 0 Å². The van der Waals surface area contributed by atoms with E-state index in [-0.39, 0.29) is 18.3 Å². The molecule has 110 valence electrons. The number of carbonyl (C=O) groups excluding carboxylic acids is 1. The Balaban J connectivity index is 1.99. The number of carbonyl (C=O) groups is 1. The molecule has 0 spiro atoms. The summed E-state index contributed by atoms with van der Waals surface area (Å²) in [6.45, 7) is 4.30. The quantitative estimate of drug-likeness (QED) is 0.825. The highest BCUT2D eigenvalue weighted by Gasteiger charge is 2.21. The second-order valence-corrected chi connectivity index (χ2v) is 4.79. The molecular weight excluding hydrogens is 271 g/mol. The fourth-order valence-electron chi connectivity index (χ4n) is 2.11. The molecule has 0 bridgehead atoms. The molecule has 2 N–H and O–H groups in total. The number of halogens is 3. The van der Waals surface area contributed by atoms with Gasteiger partial charge in [0.1, 0.15) is 0 Å². The highest BCUT2D eigenvalue weighted by Crippen LogP contribution is 2.19. The molecule has 4 nitrogen and oxygen atoms in total. The number of nitrogens with zero attached hydrogens (tertiary/aromatic N) is 1. The standard InChI is InChI=1S/C13H16F3N3O/c1-8-6-17-4-5-19(8)7-11(20)18-10-3-2-9(14)12(15)13(10)16/h2-3,8,17H,4-7H2,1H3,(H,18,20). The van der Waals surface area contributed by atoms with E-state index in [1.165, 1.54) is 0 Å². The van der Waals surface area contributed by atoms with Crippen LogP contribution in [0.1, 0.15) is 6.92 Å². The number of amides is 1. The maximum atomic E-state index is 13.4. The molecule has 1 aliphatic heterocycles. The smallest absolute Gasteiger partial charge is 0.238 e. The molecule has 1 unspecified atom stereocenters. The molecule has 0 radical (unpaired) electrons. The summed E-state index contributed by atoms with van der Waals surface area (Å²) in [5.41, 5.74) is -0.350. The van der Waals surface area contributed by atoms with Gasteiger partial charge in [0.25, 0.3) is 0 Å². The van der Waals surface area contributed by atoms with Crippen LogP contribution in [0.4, 0.5) is 18.9 Å². The number of benzene rings is 1. The monoisotopic (exact) mass is 287 g/mol. The summed E-state index contributed by atoms with van der Waals surface area (Å²) in [4.78, 5) is 13.8. The van der Waals surface area contributed by atoms with Crippen molar-refractivity contribution in [3.8, 4) is 0 Å². The molecule has 1 aliphatic rings. The Kier molecular flexibility index (Phi) is 4.61. The topological polar surface area (TPSA) is 44.4 Å². The van der Waals surface area contributed by atoms with Crippen LogP contribution in [0.5, 0.6) is 0 Å². The second-order valence-electron chi connectivity index (χ2n) is 4.79. The van der Waals surface area contributed by atoms with Crippen LogP contribution in [-0.4, -0.2) is 43.0 Å². The molecule has 0 aromatic heterocycles. The molecule has 1 saturated heterocycles. The Morgan fingerprint density at radius 3 is 2.85 bits per heavy atom. The van der Waals surface area contributed by atoms with Crippen molar-refractivity contribution in [2.75, 3.05) is 31.5 Å². The first-order chi connectivity index (χ1) is 9.49. The normalized spacial score (nSPS) is 19.9. The summed E-state index contributed by atoms with van der Waals surface area (Å²) >= 11 is 0. The van der Waals surface area contributed by atoms with Gasteiger partial charge in [-0.05, 0) is 19.1 Å². The van der Waals surface area contributed by atoms with Crippen LogP contribution in [-0.2, 0) is 4.79 Å². The SMILES string of the molecule is CC1CNCCN1CC(=O)Nc1ccc(F)c(F)c1F. The van der Waals surface area contributed by atoms with E-state index in [1.54, 1.807) is 0 Å². The van der Waals surface area contributed by atoms with E-state index in [9.17, 15) is 18.0 Å². The van der Waals surface area contributed by atoms with Crippen LogP contribution >= 0.6 is 0 Å². The van der Waals surface area contributed by atoms with Gasteiger partial charge in [0.2, 0.25) is 5.91 Å². The molecule has 1 fully saturated rings. The third kappa shape index (κ3) is 3.29. The van der Waals surface area contributed by atoms with Gasteiger partial charge in [-0.1, -0.05) is 0 Å². The lowest BCUT2D eigenvalue weighted by Crippen LogP contribution is -2.52. The van der Waals surface area contributed by atoms with Gasteiger partial charge in [0, 0.05) is 25.7 Å². The third-order valence-corrected chi connectivity index (χ3v) is 3.29. The number of hydrogen-bond donors (Lipinski definition) is 2. The van der Waals surface area contributed by atoms with E-state index >= 15 is 0 Å². The van der Waals surface area contributed by atoms with Gasteiger partial charge in [-0.15, -0.1) is 0 Å². The molecule has 1 aromatic carbocycles. The summed E-state index contributed by atoms with van der Waals surface area (Å²) in [6.07, 6.45) is 0. The predicted octanol–water partition coefficient (Wildman–Crippen LogP) is 1.34. The molecule has 2 rings (SSSR count). The molecular formula is C13H16F3N3O. The third-order valence-electron chi connectivity index (χ3n) is 3.29. The van der Waals surface area contributed by atoms with Gasteiger partial charge in [-0.2, -0.15) is 0 Å². The summed E-state index contributed by atoms with van der Waals surface area (Å²) in [5, 5.41) is 5.45. The van der Waals surface area contributed by atoms with Crippen molar-refractivity contribution in [1.29, 1.82) is 0 Å². The Morgan fingerprint density at radius 2 is 2.15 bits per heavy atom. The number of rotatable bonds is 3. The van der Waals surface area contributed by atoms with E-state index in [4.69, 9.17) is 0 Å². The summed E-state index contributed by atoms with van der Waals surface area (Å²) in [6, 6.07) is 1.97. The Morgan fingerprint density at radius 1 is 1.40 bits per heavy atom. The lowest BCUT2D eigenvalue weighted by molar-refractivity contribution is -0.118. The van der Waals surface area contributed by atoms with Crippen molar-refractivity contribution in [1.82, 2.24) is 10.2 Å². The molecule has 1 aromatic rings. The number of anilines is 1. The van der Waals surface area contributed by atoms with Gasteiger partial charge >= 0.3 is 0 Å². The minimum Gasteiger partial charge on any atom is -0.322 e. The summed E-state index contributed by atoms with van der Waals surface area (Å²) in [5.74, 6) is -4.70. The first-order valence-corrected chi connectivity index (χ1v) is 6.37. The van der Waals surface area contributed by atoms with E-state index in [0.717, 1.165) is 25.2 Å². The Bertz CT molecular complexity index is 510. The van der Waals surface area contributed by atoms with E-state index in [1.807, 2.05) is 11.8 Å². The first-order valence-electron chi connectivity index (χ1n) is 6.37. The molecule has 0 aliphatic carbocycles. The van der Waals surface area contributed by atoms with E-state index < -0.39 is 23.4 Å². The lowest BCUT2D eigenvalue weighted by atomic mass is 10.2. The average Bonchev–Trinajstić information content (AvgIpc) is 2.42. The van der Waals surface area contributed by atoms with Gasteiger partial charge in [0.05, 0.1) is 12.2 Å². The van der Waals surface area contributed by atoms with Gasteiger partial charge in [0.15, 0.2) is 17.5 Å². The summed E-state index contributed by atoms with van der Waals surface area (Å²) in [7, 11) is 0. The van der Waals surface area contributed by atoms with Gasteiger partial charge in [-0.3, -0.25) is 9.69 Å². The average molecular weight is 287 g/mol. The molecule has 7 heteroatoms. The molecule has 0 saturated carbocycles. The zero-order valence-electron chi connectivity index (χ0n) is 11.0. The van der Waals surface area contributed by atoms with Crippen molar-refractivity contribution in [2.45, 2.75) is 13.0 Å². The minimum absolute atomic E-state index is 0.0846. The van der Waals surface area contributed by atoms with Crippen LogP contribution in [0, 0.1) is 17.5 Å². The second kappa shape index (κ2) is 6.23.